The Labute approximate surface area is 126 Å². The number of rotatable bonds is 2. The number of aromatic nitrogens is 2. The van der Waals surface area contributed by atoms with E-state index in [2.05, 4.69) is 4.98 Å². The molecule has 0 aliphatic carbocycles. The number of H-pyrrole nitrogens is 1. The minimum Gasteiger partial charge on any atom is -0.313 e. The van der Waals surface area contributed by atoms with Crippen LogP contribution in [0.15, 0.2) is 34.0 Å². The minimum atomic E-state index is -0.680. The molecule has 7 heteroatoms. The van der Waals surface area contributed by atoms with Crippen molar-refractivity contribution in [3.63, 3.8) is 0 Å². The van der Waals surface area contributed by atoms with Gasteiger partial charge in [-0.25, -0.2) is 9.36 Å². The molecule has 0 spiro atoms. The number of hydrogen-bond acceptors (Lipinski definition) is 3. The zero-order valence-corrected chi connectivity index (χ0v) is 12.7. The van der Waals surface area contributed by atoms with Crippen LogP contribution < -0.4 is 11.2 Å². The second-order valence-electron chi connectivity index (χ2n) is 3.80. The molecule has 0 amide bonds. The van der Waals surface area contributed by atoms with Gasteiger partial charge in [0.05, 0.1) is 16.3 Å². The van der Waals surface area contributed by atoms with Crippen molar-refractivity contribution < 1.29 is 4.79 Å². The van der Waals surface area contributed by atoms with E-state index in [1.54, 1.807) is 18.2 Å². The van der Waals surface area contributed by atoms with Gasteiger partial charge in [0.2, 0.25) is 0 Å². The van der Waals surface area contributed by atoms with E-state index in [9.17, 15) is 14.4 Å². The quantitative estimate of drug-likeness (QED) is 0.630. The number of benzene rings is 1. The highest BCUT2D eigenvalue weighted by molar-refractivity contribution is 14.1. The first-order chi connectivity index (χ1) is 8.91. The molecule has 0 atom stereocenters. The maximum Gasteiger partial charge on any atom is 0.333 e. The fourth-order valence-electron chi connectivity index (χ4n) is 1.60. The lowest BCUT2D eigenvalue weighted by molar-refractivity contribution is 0.101. The average Bonchev–Trinajstić information content (AvgIpc) is 2.33. The fraction of sp³-hybridized carbons (Fsp3) is 0.0833. The second-order valence-corrected chi connectivity index (χ2v) is 5.45. The van der Waals surface area contributed by atoms with E-state index in [4.69, 9.17) is 11.6 Å². The van der Waals surface area contributed by atoms with Crippen molar-refractivity contribution >= 4 is 40.0 Å². The first-order valence-corrected chi connectivity index (χ1v) is 6.68. The summed E-state index contributed by atoms with van der Waals surface area (Å²) in [5.41, 5.74) is -1.16. The first kappa shape index (κ1) is 14.0. The molecule has 0 unspecified atom stereocenters. The van der Waals surface area contributed by atoms with Crippen molar-refractivity contribution in [3.05, 3.63) is 59.4 Å². The Morgan fingerprint density at radius 1 is 1.37 bits per heavy atom. The van der Waals surface area contributed by atoms with Gasteiger partial charge in [0.25, 0.3) is 5.56 Å². The molecule has 0 saturated carbocycles. The van der Waals surface area contributed by atoms with Gasteiger partial charge >= 0.3 is 5.69 Å². The van der Waals surface area contributed by atoms with Gasteiger partial charge in [-0.05, 0) is 47.7 Å². The number of nitrogens with one attached hydrogen (secondary N) is 1. The third-order valence-electron chi connectivity index (χ3n) is 2.50. The van der Waals surface area contributed by atoms with Gasteiger partial charge in [-0.3, -0.25) is 9.59 Å². The molecule has 0 bridgehead atoms. The highest BCUT2D eigenvalue weighted by atomic mass is 127. The molecule has 5 nitrogen and oxygen atoms in total. The Morgan fingerprint density at radius 3 is 2.68 bits per heavy atom. The molecule has 2 aromatic rings. The predicted molar refractivity (Wildman–Crippen MR) is 80.4 cm³/mol. The van der Waals surface area contributed by atoms with Gasteiger partial charge < -0.3 is 4.98 Å². The Bertz CT molecular complexity index is 779. The van der Waals surface area contributed by atoms with Gasteiger partial charge in [-0.15, -0.1) is 0 Å². The highest BCUT2D eigenvalue weighted by Crippen LogP contribution is 2.20. The van der Waals surface area contributed by atoms with Crippen molar-refractivity contribution in [2.45, 2.75) is 6.92 Å². The Balaban J connectivity index is 2.86. The van der Waals surface area contributed by atoms with Crippen molar-refractivity contribution in [1.29, 1.82) is 0 Å². The number of carbonyl (C=O) groups is 1. The van der Waals surface area contributed by atoms with Crippen LogP contribution in [0.3, 0.4) is 0 Å². The number of nitrogens with zero attached hydrogens (tertiary/aromatic N) is 1. The van der Waals surface area contributed by atoms with Crippen molar-refractivity contribution in [3.8, 4) is 5.69 Å². The molecule has 19 heavy (non-hydrogen) atoms. The van der Waals surface area contributed by atoms with Crippen molar-refractivity contribution in [2.24, 2.45) is 0 Å². The van der Waals surface area contributed by atoms with E-state index in [0.29, 0.717) is 0 Å². The van der Waals surface area contributed by atoms with Crippen LogP contribution in [0.4, 0.5) is 0 Å². The van der Waals surface area contributed by atoms with Crippen molar-refractivity contribution in [1.82, 2.24) is 9.55 Å². The number of Topliss-reactive ketones (excluding diaryl/α,β-unsaturated/α-hetero) is 1. The normalized spacial score (nSPS) is 10.5. The van der Waals surface area contributed by atoms with E-state index >= 15 is 0 Å². The van der Waals surface area contributed by atoms with Crippen LogP contribution in [-0.2, 0) is 0 Å². The van der Waals surface area contributed by atoms with Crippen molar-refractivity contribution in [2.75, 3.05) is 0 Å². The predicted octanol–water partition coefficient (Wildman–Crippen LogP) is 1.99. The number of hydrogen-bond donors (Lipinski definition) is 1. The third kappa shape index (κ3) is 2.64. The monoisotopic (exact) mass is 390 g/mol. The zero-order valence-electron chi connectivity index (χ0n) is 9.74. The number of halogens is 2. The topological polar surface area (TPSA) is 71.9 Å². The van der Waals surface area contributed by atoms with Gasteiger partial charge in [-0.2, -0.15) is 0 Å². The molecular weight excluding hydrogens is 383 g/mol. The molecule has 1 heterocycles. The van der Waals surface area contributed by atoms with E-state index in [1.807, 2.05) is 22.6 Å². The Morgan fingerprint density at radius 2 is 2.05 bits per heavy atom. The zero-order chi connectivity index (χ0) is 14.2. The van der Waals surface area contributed by atoms with E-state index in [-0.39, 0.29) is 16.3 Å². The summed E-state index contributed by atoms with van der Waals surface area (Å²) >= 11 is 8.05. The molecule has 0 aliphatic heterocycles. The largest absolute Gasteiger partial charge is 0.333 e. The third-order valence-corrected chi connectivity index (χ3v) is 3.50. The summed E-state index contributed by atoms with van der Waals surface area (Å²) in [4.78, 5) is 37.7. The van der Waals surface area contributed by atoms with Gasteiger partial charge in [-0.1, -0.05) is 11.6 Å². The summed E-state index contributed by atoms with van der Waals surface area (Å²) < 4.78 is 1.68. The lowest BCUT2D eigenvalue weighted by atomic mass is 10.2. The summed E-state index contributed by atoms with van der Waals surface area (Å²) in [5, 5.41) is 0.258. The SMILES string of the molecule is CC(=O)c1c[nH]c(=O)n(-c2cc(I)ccc2Cl)c1=O. The van der Waals surface area contributed by atoms with Crippen LogP contribution in [0, 0.1) is 3.57 Å². The minimum absolute atomic E-state index is 0.0884. The van der Waals surface area contributed by atoms with Crippen LogP contribution in [0.1, 0.15) is 17.3 Å². The Kier molecular flexibility index (Phi) is 3.91. The van der Waals surface area contributed by atoms with Crippen LogP contribution in [0.5, 0.6) is 0 Å². The van der Waals surface area contributed by atoms with Crippen LogP contribution >= 0.6 is 34.2 Å². The highest BCUT2D eigenvalue weighted by Gasteiger charge is 2.14. The average molecular weight is 391 g/mol. The van der Waals surface area contributed by atoms with Crippen LogP contribution in [0.2, 0.25) is 5.02 Å². The van der Waals surface area contributed by atoms with E-state index in [0.717, 1.165) is 14.3 Å². The molecular formula is C12H8ClIN2O3. The summed E-state index contributed by atoms with van der Waals surface area (Å²) in [6, 6.07) is 4.94. The van der Waals surface area contributed by atoms with E-state index < -0.39 is 17.0 Å². The van der Waals surface area contributed by atoms with Crippen LogP contribution in [0.25, 0.3) is 5.69 Å². The van der Waals surface area contributed by atoms with Gasteiger partial charge in [0, 0.05) is 9.77 Å². The summed E-state index contributed by atoms with van der Waals surface area (Å²) in [6.45, 7) is 1.26. The summed E-state index contributed by atoms with van der Waals surface area (Å²) in [5.74, 6) is -0.420. The molecule has 1 N–H and O–H groups in total. The number of carbonyl (C=O) groups excluding carboxylic acids is 1. The Hall–Kier alpha value is -1.41. The van der Waals surface area contributed by atoms with Gasteiger partial charge in [0.1, 0.15) is 0 Å². The molecule has 1 aromatic carbocycles. The number of aromatic amines is 1. The number of ketones is 1. The molecule has 98 valence electrons. The first-order valence-electron chi connectivity index (χ1n) is 5.23. The lowest BCUT2D eigenvalue weighted by Gasteiger charge is -2.08. The molecule has 0 saturated heterocycles. The second kappa shape index (κ2) is 5.30. The van der Waals surface area contributed by atoms with Gasteiger partial charge in [0.15, 0.2) is 5.78 Å². The molecule has 0 fully saturated rings. The summed E-state index contributed by atoms with van der Waals surface area (Å²) in [7, 11) is 0. The molecule has 1 aromatic heterocycles. The van der Waals surface area contributed by atoms with Crippen LogP contribution in [-0.4, -0.2) is 15.3 Å². The standard InChI is InChI=1S/C12H8ClIN2O3/c1-6(17)8-5-15-12(19)16(11(8)18)10-4-7(14)2-3-9(10)13/h2-5H,1H3,(H,15,19). The summed E-state index contributed by atoms with van der Waals surface area (Å²) in [6.07, 6.45) is 1.12. The molecule has 0 aliphatic rings. The lowest BCUT2D eigenvalue weighted by Crippen LogP contribution is -2.36. The molecule has 2 rings (SSSR count). The van der Waals surface area contributed by atoms with E-state index in [1.165, 1.54) is 6.92 Å². The maximum atomic E-state index is 12.2. The smallest absolute Gasteiger partial charge is 0.313 e. The maximum absolute atomic E-state index is 12.2. The molecule has 0 radical (unpaired) electrons. The fourth-order valence-corrected chi connectivity index (χ4v) is 2.28.